The molecule has 0 aliphatic carbocycles. The minimum absolute atomic E-state index is 0.191. The van der Waals surface area contributed by atoms with Crippen molar-refractivity contribution in [3.63, 3.8) is 0 Å². The van der Waals surface area contributed by atoms with E-state index in [1.807, 2.05) is 19.1 Å². The molecule has 0 radical (unpaired) electrons. The predicted octanol–water partition coefficient (Wildman–Crippen LogP) is 4.57. The summed E-state index contributed by atoms with van der Waals surface area (Å²) in [5.74, 6) is -0.00747. The molecule has 7 nitrogen and oxygen atoms in total. The highest BCUT2D eigenvalue weighted by Crippen LogP contribution is 2.25. The molecule has 0 bridgehead atoms. The molecule has 1 aromatic heterocycles. The number of para-hydroxylation sites is 1. The first-order chi connectivity index (χ1) is 14.1. The first-order valence-electron chi connectivity index (χ1n) is 9.65. The lowest BCUT2D eigenvalue weighted by Gasteiger charge is -2.18. The number of carboxylic acid groups (broad SMARTS) is 1. The average molecular weight is 389 g/mol. The van der Waals surface area contributed by atoms with Gasteiger partial charge in [-0.15, -0.1) is 0 Å². The maximum Gasteiger partial charge on any atom is 0.337 e. The molecule has 29 heavy (non-hydrogen) atoms. The molecule has 0 spiro atoms. The third kappa shape index (κ3) is 4.45. The molecule has 0 saturated carbocycles. The third-order valence-corrected chi connectivity index (χ3v) is 4.87. The highest BCUT2D eigenvalue weighted by molar-refractivity contribution is 5.95. The summed E-state index contributed by atoms with van der Waals surface area (Å²) in [6.45, 7) is 4.10. The zero-order chi connectivity index (χ0) is 20.2. The van der Waals surface area contributed by atoms with E-state index in [4.69, 9.17) is 0 Å². The van der Waals surface area contributed by atoms with Crippen molar-refractivity contribution in [2.45, 2.75) is 19.8 Å². The van der Waals surface area contributed by atoms with E-state index in [0.29, 0.717) is 17.5 Å². The summed E-state index contributed by atoms with van der Waals surface area (Å²) in [4.78, 5) is 22.7. The second-order valence-electron chi connectivity index (χ2n) is 7.06. The molecule has 1 aliphatic heterocycles. The zero-order valence-electron chi connectivity index (χ0n) is 16.2. The fourth-order valence-corrected chi connectivity index (χ4v) is 3.47. The van der Waals surface area contributed by atoms with Gasteiger partial charge in [0.25, 0.3) is 0 Å². The summed E-state index contributed by atoms with van der Waals surface area (Å²) in [5, 5.41) is 15.7. The molecule has 4 rings (SSSR count). The van der Waals surface area contributed by atoms with Crippen molar-refractivity contribution in [1.29, 1.82) is 0 Å². The monoisotopic (exact) mass is 389 g/mol. The fourth-order valence-electron chi connectivity index (χ4n) is 3.47. The van der Waals surface area contributed by atoms with Crippen LogP contribution in [0.4, 0.5) is 28.8 Å². The van der Waals surface area contributed by atoms with Gasteiger partial charge in [-0.3, -0.25) is 0 Å². The van der Waals surface area contributed by atoms with Crippen molar-refractivity contribution >= 4 is 34.8 Å². The van der Waals surface area contributed by atoms with E-state index in [1.165, 1.54) is 18.5 Å². The van der Waals surface area contributed by atoms with Gasteiger partial charge in [0, 0.05) is 36.2 Å². The molecule has 7 heteroatoms. The lowest BCUT2D eigenvalue weighted by molar-refractivity contribution is 0.0698. The predicted molar refractivity (Wildman–Crippen MR) is 115 cm³/mol. The second-order valence-corrected chi connectivity index (χ2v) is 7.06. The smallest absolute Gasteiger partial charge is 0.337 e. The van der Waals surface area contributed by atoms with Crippen molar-refractivity contribution < 1.29 is 9.90 Å². The van der Waals surface area contributed by atoms with Crippen LogP contribution in [0, 0.1) is 6.92 Å². The van der Waals surface area contributed by atoms with Crippen LogP contribution >= 0.6 is 0 Å². The molecule has 0 amide bonds. The van der Waals surface area contributed by atoms with Crippen LogP contribution in [-0.4, -0.2) is 34.1 Å². The van der Waals surface area contributed by atoms with Gasteiger partial charge >= 0.3 is 5.97 Å². The van der Waals surface area contributed by atoms with Crippen LogP contribution in [0.15, 0.2) is 54.6 Å². The Labute approximate surface area is 169 Å². The van der Waals surface area contributed by atoms with Crippen LogP contribution in [-0.2, 0) is 0 Å². The van der Waals surface area contributed by atoms with Gasteiger partial charge in [0.1, 0.15) is 5.82 Å². The van der Waals surface area contributed by atoms with Gasteiger partial charge in [0.05, 0.1) is 11.3 Å². The van der Waals surface area contributed by atoms with Gasteiger partial charge in [0.2, 0.25) is 5.95 Å². The van der Waals surface area contributed by atoms with Crippen molar-refractivity contribution in [3.8, 4) is 0 Å². The number of carboxylic acids is 1. The number of nitrogens with zero attached hydrogens (tertiary/aromatic N) is 3. The molecule has 2 aromatic carbocycles. The minimum Gasteiger partial charge on any atom is -0.478 e. The van der Waals surface area contributed by atoms with Crippen molar-refractivity contribution in [1.82, 2.24) is 9.97 Å². The number of hydrogen-bond donors (Lipinski definition) is 3. The molecule has 148 valence electrons. The highest BCUT2D eigenvalue weighted by atomic mass is 16.4. The Hall–Kier alpha value is -3.61. The Morgan fingerprint density at radius 1 is 1.00 bits per heavy atom. The number of anilines is 5. The second kappa shape index (κ2) is 8.18. The number of aromatic carboxylic acids is 1. The lowest BCUT2D eigenvalue weighted by Crippen LogP contribution is -2.17. The Morgan fingerprint density at radius 3 is 2.45 bits per heavy atom. The lowest BCUT2D eigenvalue weighted by atomic mass is 10.2. The quantitative estimate of drug-likeness (QED) is 0.569. The number of hydrogen-bond acceptors (Lipinski definition) is 6. The van der Waals surface area contributed by atoms with Gasteiger partial charge in [-0.25, -0.2) is 9.78 Å². The Kier molecular flexibility index (Phi) is 5.29. The van der Waals surface area contributed by atoms with Crippen LogP contribution in [0.25, 0.3) is 0 Å². The van der Waals surface area contributed by atoms with E-state index in [2.05, 4.69) is 37.6 Å². The largest absolute Gasteiger partial charge is 0.478 e. The number of aryl methyl sites for hydroxylation is 1. The van der Waals surface area contributed by atoms with E-state index in [0.717, 1.165) is 24.5 Å². The Bertz CT molecular complexity index is 1010. The number of carbonyl (C=O) groups is 1. The molecular formula is C22H23N5O2. The van der Waals surface area contributed by atoms with Gasteiger partial charge < -0.3 is 20.6 Å². The first kappa shape index (κ1) is 18.7. The molecule has 3 N–H and O–H groups in total. The van der Waals surface area contributed by atoms with Gasteiger partial charge in [-0.1, -0.05) is 12.1 Å². The summed E-state index contributed by atoms with van der Waals surface area (Å²) in [5.41, 5.74) is 3.57. The van der Waals surface area contributed by atoms with Crippen LogP contribution in [0.5, 0.6) is 0 Å². The van der Waals surface area contributed by atoms with E-state index in [9.17, 15) is 9.90 Å². The summed E-state index contributed by atoms with van der Waals surface area (Å²) in [6.07, 6.45) is 2.50. The number of benzene rings is 2. The van der Waals surface area contributed by atoms with Crippen LogP contribution in [0.2, 0.25) is 0 Å². The van der Waals surface area contributed by atoms with Crippen LogP contribution < -0.4 is 15.5 Å². The van der Waals surface area contributed by atoms with E-state index in [1.54, 1.807) is 30.3 Å². The minimum atomic E-state index is -0.990. The molecule has 3 aromatic rings. The summed E-state index contributed by atoms with van der Waals surface area (Å²) >= 11 is 0. The molecule has 2 heterocycles. The Morgan fingerprint density at radius 2 is 1.72 bits per heavy atom. The average Bonchev–Trinajstić information content (AvgIpc) is 3.23. The van der Waals surface area contributed by atoms with Crippen molar-refractivity contribution in [2.24, 2.45) is 0 Å². The topological polar surface area (TPSA) is 90.4 Å². The van der Waals surface area contributed by atoms with Gasteiger partial charge in [-0.05, 0) is 56.2 Å². The van der Waals surface area contributed by atoms with Crippen LogP contribution in [0.3, 0.4) is 0 Å². The molecule has 0 unspecified atom stereocenters. The zero-order valence-corrected chi connectivity index (χ0v) is 16.2. The summed E-state index contributed by atoms with van der Waals surface area (Å²) in [7, 11) is 0. The van der Waals surface area contributed by atoms with Gasteiger partial charge in [-0.2, -0.15) is 4.98 Å². The number of rotatable bonds is 6. The highest BCUT2D eigenvalue weighted by Gasteiger charge is 2.13. The molecule has 1 aliphatic rings. The Balaban J connectivity index is 1.52. The first-order valence-corrected chi connectivity index (χ1v) is 9.65. The van der Waals surface area contributed by atoms with E-state index in [-0.39, 0.29) is 5.56 Å². The standard InChI is InChI=1S/C22H23N5O2/c1-15-14-20(25-19-7-3-2-6-18(19)21(28)29)26-22(23-15)24-16-8-10-17(11-9-16)27-12-4-5-13-27/h2-3,6-11,14H,4-5,12-13H2,1H3,(H,28,29)(H2,23,24,25,26). The third-order valence-electron chi connectivity index (χ3n) is 4.87. The van der Waals surface area contributed by atoms with E-state index < -0.39 is 5.97 Å². The van der Waals surface area contributed by atoms with Gasteiger partial charge in [0.15, 0.2) is 0 Å². The molecule has 0 atom stereocenters. The summed E-state index contributed by atoms with van der Waals surface area (Å²) < 4.78 is 0. The van der Waals surface area contributed by atoms with E-state index >= 15 is 0 Å². The fraction of sp³-hybridized carbons (Fsp3) is 0.227. The summed E-state index contributed by atoms with van der Waals surface area (Å²) in [6, 6.07) is 16.8. The molecular weight excluding hydrogens is 366 g/mol. The van der Waals surface area contributed by atoms with Crippen molar-refractivity contribution in [2.75, 3.05) is 28.6 Å². The number of nitrogens with one attached hydrogen (secondary N) is 2. The maximum absolute atomic E-state index is 11.4. The SMILES string of the molecule is Cc1cc(Nc2ccccc2C(=O)O)nc(Nc2ccc(N3CCCC3)cc2)n1. The molecule has 1 saturated heterocycles. The maximum atomic E-state index is 11.4. The molecule has 1 fully saturated rings. The normalized spacial score (nSPS) is 13.3. The van der Waals surface area contributed by atoms with Crippen molar-refractivity contribution in [3.05, 3.63) is 65.9 Å². The van der Waals surface area contributed by atoms with Crippen LogP contribution in [0.1, 0.15) is 28.9 Å². The number of aromatic nitrogens is 2.